The molecule has 0 N–H and O–H groups in total. The van der Waals surface area contributed by atoms with Gasteiger partial charge in [-0.3, -0.25) is 0 Å². The topological polar surface area (TPSA) is 39.2 Å². The van der Waals surface area contributed by atoms with Crippen molar-refractivity contribution in [2.45, 2.75) is 0 Å². The Morgan fingerprint density at radius 3 is 2.76 bits per heavy atom. The largest absolute Gasteiger partial charge is 0.464 e. The predicted octanol–water partition coefficient (Wildman–Crippen LogP) is 4.12. The lowest BCUT2D eigenvalue weighted by Gasteiger charge is -1.99. The molecule has 2 aromatic rings. The van der Waals surface area contributed by atoms with Gasteiger partial charge in [0.25, 0.3) is 0 Å². The molecule has 0 amide bonds. The highest BCUT2D eigenvalue weighted by molar-refractivity contribution is 9.13. The molecule has 0 aliphatic rings. The molecule has 2 rings (SSSR count). The molecule has 17 heavy (non-hydrogen) atoms. The van der Waals surface area contributed by atoms with Crippen LogP contribution in [0.1, 0.15) is 10.5 Å². The molecule has 0 saturated heterocycles. The molecule has 0 bridgehead atoms. The minimum atomic E-state index is -0.413. The molecule has 0 spiro atoms. The summed E-state index contributed by atoms with van der Waals surface area (Å²) >= 11 is 8.25. The highest BCUT2D eigenvalue weighted by atomic mass is 79.9. The Balaban J connectivity index is 2.37. The van der Waals surface area contributed by atoms with Crippen molar-refractivity contribution in [2.75, 3.05) is 7.11 Å². The van der Waals surface area contributed by atoms with E-state index in [4.69, 9.17) is 0 Å². The predicted molar refractivity (Wildman–Crippen MR) is 74.3 cm³/mol. The van der Waals surface area contributed by atoms with Crippen molar-refractivity contribution in [3.8, 4) is 10.6 Å². The summed E-state index contributed by atoms with van der Waals surface area (Å²) in [5.74, 6) is -0.413. The summed E-state index contributed by atoms with van der Waals surface area (Å²) in [5, 5.41) is 2.48. The first-order chi connectivity index (χ1) is 8.11. The first kappa shape index (κ1) is 12.7. The number of benzene rings is 1. The van der Waals surface area contributed by atoms with Crippen molar-refractivity contribution in [3.63, 3.8) is 0 Å². The van der Waals surface area contributed by atoms with Crippen LogP contribution in [-0.4, -0.2) is 18.1 Å². The number of ether oxygens (including phenoxy) is 1. The van der Waals surface area contributed by atoms with E-state index in [0.29, 0.717) is 5.69 Å². The zero-order chi connectivity index (χ0) is 12.4. The second kappa shape index (κ2) is 5.29. The minimum Gasteiger partial charge on any atom is -0.464 e. The van der Waals surface area contributed by atoms with Crippen LogP contribution in [0.5, 0.6) is 0 Å². The van der Waals surface area contributed by atoms with Crippen LogP contribution in [-0.2, 0) is 4.74 Å². The molecular weight excluding hydrogens is 370 g/mol. The van der Waals surface area contributed by atoms with Gasteiger partial charge in [0.1, 0.15) is 5.01 Å². The van der Waals surface area contributed by atoms with Crippen LogP contribution >= 0.6 is 43.2 Å². The van der Waals surface area contributed by atoms with Gasteiger partial charge >= 0.3 is 5.97 Å². The summed E-state index contributed by atoms with van der Waals surface area (Å²) in [7, 11) is 1.34. The van der Waals surface area contributed by atoms with Gasteiger partial charge in [-0.2, -0.15) is 0 Å². The van der Waals surface area contributed by atoms with Crippen LogP contribution in [0, 0.1) is 0 Å². The summed E-state index contributed by atoms with van der Waals surface area (Å²) in [5.41, 5.74) is 1.30. The van der Waals surface area contributed by atoms with Crippen molar-refractivity contribution < 1.29 is 9.53 Å². The molecule has 0 radical (unpaired) electrons. The Labute approximate surface area is 119 Å². The zero-order valence-corrected chi connectivity index (χ0v) is 12.7. The van der Waals surface area contributed by atoms with Crippen LogP contribution in [0.3, 0.4) is 0 Å². The first-order valence-electron chi connectivity index (χ1n) is 4.61. The van der Waals surface area contributed by atoms with Crippen molar-refractivity contribution in [1.29, 1.82) is 0 Å². The Hall–Kier alpha value is -0.720. The first-order valence-corrected chi connectivity index (χ1v) is 7.07. The van der Waals surface area contributed by atoms with Gasteiger partial charge in [0.2, 0.25) is 0 Å². The van der Waals surface area contributed by atoms with E-state index in [2.05, 4.69) is 41.6 Å². The minimum absolute atomic E-state index is 0.339. The smallest absolute Gasteiger partial charge is 0.357 e. The van der Waals surface area contributed by atoms with E-state index in [9.17, 15) is 4.79 Å². The van der Waals surface area contributed by atoms with Crippen molar-refractivity contribution in [3.05, 3.63) is 38.2 Å². The molecule has 0 unspecified atom stereocenters. The maximum absolute atomic E-state index is 11.3. The van der Waals surface area contributed by atoms with Crippen molar-refractivity contribution in [2.24, 2.45) is 0 Å². The molecule has 3 nitrogen and oxygen atoms in total. The number of aromatic nitrogens is 1. The third-order valence-corrected chi connectivity index (χ3v) is 4.84. The average molecular weight is 377 g/mol. The van der Waals surface area contributed by atoms with Crippen LogP contribution in [0.4, 0.5) is 0 Å². The molecule has 6 heteroatoms. The normalized spacial score (nSPS) is 10.3. The van der Waals surface area contributed by atoms with E-state index < -0.39 is 5.97 Å². The Morgan fingerprint density at radius 2 is 2.12 bits per heavy atom. The van der Waals surface area contributed by atoms with Crippen LogP contribution in [0.2, 0.25) is 0 Å². The van der Waals surface area contributed by atoms with Gasteiger partial charge in [0.15, 0.2) is 5.69 Å². The standard InChI is InChI=1S/C11H7Br2NO2S/c1-16-11(15)9-5-17-10(14-9)6-2-3-7(12)8(13)4-6/h2-5H,1H3. The van der Waals surface area contributed by atoms with E-state index in [1.807, 2.05) is 18.2 Å². The number of hydrogen-bond donors (Lipinski definition) is 0. The quantitative estimate of drug-likeness (QED) is 0.740. The number of nitrogens with zero attached hydrogens (tertiary/aromatic N) is 1. The summed E-state index contributed by atoms with van der Waals surface area (Å²) in [4.78, 5) is 15.5. The SMILES string of the molecule is COC(=O)c1csc(-c2ccc(Br)c(Br)c2)n1. The van der Waals surface area contributed by atoms with E-state index in [1.165, 1.54) is 18.4 Å². The summed E-state index contributed by atoms with van der Waals surface area (Å²) in [6.07, 6.45) is 0. The number of rotatable bonds is 2. The van der Waals surface area contributed by atoms with Gasteiger partial charge in [-0.05, 0) is 44.0 Å². The van der Waals surface area contributed by atoms with Gasteiger partial charge < -0.3 is 4.74 Å². The Kier molecular flexibility index (Phi) is 3.96. The fraction of sp³-hybridized carbons (Fsp3) is 0.0909. The molecular formula is C11H7Br2NO2S. The number of thiazole rings is 1. The summed E-state index contributed by atoms with van der Waals surface area (Å²) in [6, 6.07) is 5.82. The zero-order valence-electron chi connectivity index (χ0n) is 8.74. The number of esters is 1. The Morgan fingerprint density at radius 1 is 1.35 bits per heavy atom. The summed E-state index contributed by atoms with van der Waals surface area (Å²) in [6.45, 7) is 0. The number of carbonyl (C=O) groups is 1. The van der Waals surface area contributed by atoms with Gasteiger partial charge in [-0.15, -0.1) is 11.3 Å². The summed E-state index contributed by atoms with van der Waals surface area (Å²) < 4.78 is 6.54. The number of halogens is 2. The van der Waals surface area contributed by atoms with Crippen molar-refractivity contribution >= 4 is 49.2 Å². The lowest BCUT2D eigenvalue weighted by atomic mass is 10.2. The molecule has 0 fully saturated rings. The number of hydrogen-bond acceptors (Lipinski definition) is 4. The lowest BCUT2D eigenvalue weighted by Crippen LogP contribution is -2.00. The lowest BCUT2D eigenvalue weighted by molar-refractivity contribution is 0.0595. The second-order valence-corrected chi connectivity index (χ2v) is 5.73. The van der Waals surface area contributed by atoms with Crippen LogP contribution in [0.15, 0.2) is 32.5 Å². The molecule has 1 aromatic carbocycles. The molecule has 0 aliphatic heterocycles. The average Bonchev–Trinajstić information content (AvgIpc) is 2.81. The van der Waals surface area contributed by atoms with Crippen molar-refractivity contribution in [1.82, 2.24) is 4.98 Å². The second-order valence-electron chi connectivity index (χ2n) is 3.16. The van der Waals surface area contributed by atoms with E-state index in [0.717, 1.165) is 19.5 Å². The molecule has 1 aromatic heterocycles. The number of methoxy groups -OCH3 is 1. The van der Waals surface area contributed by atoms with Gasteiger partial charge in [-0.1, -0.05) is 6.07 Å². The maximum Gasteiger partial charge on any atom is 0.357 e. The maximum atomic E-state index is 11.3. The van der Waals surface area contributed by atoms with Gasteiger partial charge in [0.05, 0.1) is 7.11 Å². The van der Waals surface area contributed by atoms with Gasteiger partial charge in [-0.25, -0.2) is 9.78 Å². The molecule has 0 saturated carbocycles. The number of carbonyl (C=O) groups excluding carboxylic acids is 1. The van der Waals surface area contributed by atoms with E-state index in [-0.39, 0.29) is 0 Å². The van der Waals surface area contributed by atoms with Crippen LogP contribution in [0.25, 0.3) is 10.6 Å². The fourth-order valence-corrected chi connectivity index (χ4v) is 2.65. The third-order valence-electron chi connectivity index (χ3n) is 2.07. The molecule has 1 heterocycles. The van der Waals surface area contributed by atoms with Crippen LogP contribution < -0.4 is 0 Å². The van der Waals surface area contributed by atoms with Gasteiger partial charge in [0, 0.05) is 19.9 Å². The van der Waals surface area contributed by atoms with E-state index in [1.54, 1.807) is 5.38 Å². The van der Waals surface area contributed by atoms with E-state index >= 15 is 0 Å². The molecule has 0 atom stereocenters. The Bertz CT molecular complexity index is 568. The fourth-order valence-electron chi connectivity index (χ4n) is 1.23. The highest BCUT2D eigenvalue weighted by Gasteiger charge is 2.12. The third kappa shape index (κ3) is 2.75. The molecule has 0 aliphatic carbocycles. The molecule has 88 valence electrons. The monoisotopic (exact) mass is 375 g/mol. The highest BCUT2D eigenvalue weighted by Crippen LogP contribution is 2.30.